The zero-order valence-electron chi connectivity index (χ0n) is 13.7. The minimum atomic E-state index is -0.367. The fourth-order valence-electron chi connectivity index (χ4n) is 2.64. The van der Waals surface area contributed by atoms with Crippen molar-refractivity contribution in [1.29, 1.82) is 0 Å². The second-order valence-corrected chi connectivity index (χ2v) is 6.70. The molecule has 0 heterocycles. The molecule has 2 unspecified atom stereocenters. The van der Waals surface area contributed by atoms with Crippen molar-refractivity contribution < 1.29 is 9.13 Å². The van der Waals surface area contributed by atoms with Gasteiger partial charge < -0.3 is 10.1 Å². The largest absolute Gasteiger partial charge is 0.376 e. The topological polar surface area (TPSA) is 21.3 Å². The molecular weight excluding hydrogens is 289 g/mol. The van der Waals surface area contributed by atoms with E-state index >= 15 is 0 Å². The molecule has 0 amide bonds. The van der Waals surface area contributed by atoms with E-state index in [9.17, 15) is 4.39 Å². The van der Waals surface area contributed by atoms with Crippen molar-refractivity contribution in [3.8, 4) is 0 Å². The highest BCUT2D eigenvalue weighted by Gasteiger charge is 2.33. The lowest BCUT2D eigenvalue weighted by Gasteiger charge is -2.37. The van der Waals surface area contributed by atoms with Crippen molar-refractivity contribution in [2.45, 2.75) is 53.2 Å². The molecule has 0 fully saturated rings. The van der Waals surface area contributed by atoms with Crippen LogP contribution < -0.4 is 5.32 Å². The molecule has 0 aliphatic carbocycles. The lowest BCUT2D eigenvalue weighted by Crippen LogP contribution is -2.49. The molecule has 0 aliphatic heterocycles. The minimum absolute atomic E-state index is 0.0113. The van der Waals surface area contributed by atoms with Gasteiger partial charge in [0.15, 0.2) is 0 Å². The summed E-state index contributed by atoms with van der Waals surface area (Å²) in [4.78, 5) is 0. The Balaban J connectivity index is 3.02. The van der Waals surface area contributed by atoms with Gasteiger partial charge in [-0.3, -0.25) is 0 Å². The highest BCUT2D eigenvalue weighted by Crippen LogP contribution is 2.29. The second kappa shape index (κ2) is 8.11. The van der Waals surface area contributed by atoms with E-state index in [2.05, 4.69) is 33.0 Å². The summed E-state index contributed by atoms with van der Waals surface area (Å²) in [6.07, 6.45) is 0.675. The van der Waals surface area contributed by atoms with E-state index in [0.29, 0.717) is 13.0 Å². The Morgan fingerprint density at radius 2 is 1.95 bits per heavy atom. The van der Waals surface area contributed by atoms with Gasteiger partial charge in [0.1, 0.15) is 5.82 Å². The molecule has 1 N–H and O–H groups in total. The van der Waals surface area contributed by atoms with Crippen LogP contribution in [0.3, 0.4) is 0 Å². The molecule has 0 aromatic heterocycles. The van der Waals surface area contributed by atoms with Crippen LogP contribution in [0.4, 0.5) is 4.39 Å². The number of rotatable bonds is 7. The van der Waals surface area contributed by atoms with E-state index in [1.807, 2.05) is 13.0 Å². The zero-order valence-corrected chi connectivity index (χ0v) is 14.4. The molecule has 1 rings (SSSR count). The molecule has 0 bridgehead atoms. The van der Waals surface area contributed by atoms with Gasteiger partial charge in [0.25, 0.3) is 0 Å². The van der Waals surface area contributed by atoms with Crippen molar-refractivity contribution in [2.75, 3.05) is 13.2 Å². The first-order valence-corrected chi connectivity index (χ1v) is 7.96. The smallest absolute Gasteiger partial charge is 0.142 e. The number of halogens is 2. The lowest BCUT2D eigenvalue weighted by atomic mass is 9.82. The predicted molar refractivity (Wildman–Crippen MR) is 87.4 cm³/mol. The quantitative estimate of drug-likeness (QED) is 0.802. The molecule has 0 radical (unpaired) electrons. The fraction of sp³-hybridized carbons (Fsp3) is 0.647. The van der Waals surface area contributed by atoms with Gasteiger partial charge in [-0.1, -0.05) is 51.4 Å². The summed E-state index contributed by atoms with van der Waals surface area (Å²) >= 11 is 6.09. The monoisotopic (exact) mass is 315 g/mol. The summed E-state index contributed by atoms with van der Waals surface area (Å²) in [5.74, 6) is -0.367. The summed E-state index contributed by atoms with van der Waals surface area (Å²) in [5.41, 5.74) is 0.805. The Morgan fingerprint density at radius 3 is 2.48 bits per heavy atom. The van der Waals surface area contributed by atoms with Gasteiger partial charge in [-0.25, -0.2) is 4.39 Å². The maximum atomic E-state index is 13.6. The molecule has 0 saturated carbocycles. The van der Waals surface area contributed by atoms with Crippen LogP contribution in [0.1, 0.15) is 40.2 Å². The van der Waals surface area contributed by atoms with Crippen molar-refractivity contribution in [2.24, 2.45) is 5.41 Å². The van der Waals surface area contributed by atoms with Gasteiger partial charge in [-0.2, -0.15) is 0 Å². The van der Waals surface area contributed by atoms with E-state index in [-0.39, 0.29) is 28.4 Å². The molecule has 120 valence electrons. The lowest BCUT2D eigenvalue weighted by molar-refractivity contribution is -0.0352. The van der Waals surface area contributed by atoms with Crippen LogP contribution in [0.15, 0.2) is 18.2 Å². The average Bonchev–Trinajstić information content (AvgIpc) is 2.39. The first-order chi connectivity index (χ1) is 9.81. The van der Waals surface area contributed by atoms with Crippen LogP contribution in [-0.4, -0.2) is 25.3 Å². The first-order valence-electron chi connectivity index (χ1n) is 7.59. The molecule has 1 aromatic rings. The molecule has 2 atom stereocenters. The summed E-state index contributed by atoms with van der Waals surface area (Å²) in [6, 6.07) is 5.06. The third kappa shape index (κ3) is 5.24. The highest BCUT2D eigenvalue weighted by atomic mass is 35.5. The number of likely N-dealkylation sites (N-methyl/N-ethyl adjacent to an activating group) is 1. The Morgan fingerprint density at radius 1 is 1.29 bits per heavy atom. The van der Waals surface area contributed by atoms with Crippen LogP contribution in [-0.2, 0) is 11.2 Å². The van der Waals surface area contributed by atoms with Gasteiger partial charge in [-0.05, 0) is 36.9 Å². The van der Waals surface area contributed by atoms with Crippen molar-refractivity contribution >= 4 is 11.6 Å². The van der Waals surface area contributed by atoms with Crippen LogP contribution in [0.5, 0.6) is 0 Å². The summed E-state index contributed by atoms with van der Waals surface area (Å²) in [7, 11) is 0. The standard InChI is InChI=1S/C17H27ClFNO/c1-6-20-14(16(21-7-2)17(3,4)5)11-12-9-8-10-13(19)15(12)18/h8-10,14,16,20H,6-7,11H2,1-5H3. The van der Waals surface area contributed by atoms with E-state index in [4.69, 9.17) is 16.3 Å². The van der Waals surface area contributed by atoms with Gasteiger partial charge in [0.05, 0.1) is 11.1 Å². The van der Waals surface area contributed by atoms with Crippen LogP contribution in [0.25, 0.3) is 0 Å². The third-order valence-electron chi connectivity index (χ3n) is 3.50. The summed E-state index contributed by atoms with van der Waals surface area (Å²) in [6.45, 7) is 12.0. The van der Waals surface area contributed by atoms with Crippen LogP contribution in [0, 0.1) is 11.2 Å². The van der Waals surface area contributed by atoms with Crippen molar-refractivity contribution in [3.05, 3.63) is 34.6 Å². The van der Waals surface area contributed by atoms with Gasteiger partial charge in [-0.15, -0.1) is 0 Å². The van der Waals surface area contributed by atoms with E-state index in [1.54, 1.807) is 6.07 Å². The number of nitrogens with one attached hydrogen (secondary N) is 1. The first kappa shape index (κ1) is 18.4. The summed E-state index contributed by atoms with van der Waals surface area (Å²) < 4.78 is 19.6. The highest BCUT2D eigenvalue weighted by molar-refractivity contribution is 6.31. The van der Waals surface area contributed by atoms with Crippen molar-refractivity contribution in [3.63, 3.8) is 0 Å². The normalized spacial score (nSPS) is 15.0. The molecule has 0 aliphatic rings. The van der Waals surface area contributed by atoms with Gasteiger partial charge >= 0.3 is 0 Å². The van der Waals surface area contributed by atoms with E-state index in [1.165, 1.54) is 6.07 Å². The van der Waals surface area contributed by atoms with Gasteiger partial charge in [0.2, 0.25) is 0 Å². The maximum absolute atomic E-state index is 13.6. The molecule has 2 nitrogen and oxygen atoms in total. The van der Waals surface area contributed by atoms with Crippen LogP contribution >= 0.6 is 11.6 Å². The third-order valence-corrected chi connectivity index (χ3v) is 3.93. The maximum Gasteiger partial charge on any atom is 0.142 e. The number of hydrogen-bond donors (Lipinski definition) is 1. The molecule has 0 spiro atoms. The fourth-order valence-corrected chi connectivity index (χ4v) is 2.84. The number of benzene rings is 1. The number of ether oxygens (including phenoxy) is 1. The van der Waals surface area contributed by atoms with E-state index < -0.39 is 0 Å². The molecule has 0 saturated heterocycles. The van der Waals surface area contributed by atoms with Gasteiger partial charge in [0, 0.05) is 12.6 Å². The van der Waals surface area contributed by atoms with Crippen LogP contribution in [0.2, 0.25) is 5.02 Å². The minimum Gasteiger partial charge on any atom is -0.376 e. The molecule has 4 heteroatoms. The zero-order chi connectivity index (χ0) is 16.0. The predicted octanol–water partition coefficient (Wildman–Crippen LogP) is 4.45. The molecule has 21 heavy (non-hydrogen) atoms. The van der Waals surface area contributed by atoms with E-state index in [0.717, 1.165) is 12.1 Å². The molecule has 1 aromatic carbocycles. The summed E-state index contributed by atoms with van der Waals surface area (Å²) in [5, 5.41) is 3.68. The Hall–Kier alpha value is -0.640. The molecular formula is C17H27ClFNO. The average molecular weight is 316 g/mol. The Bertz CT molecular complexity index is 445. The Labute approximate surface area is 133 Å². The number of hydrogen-bond acceptors (Lipinski definition) is 2. The SMILES string of the molecule is CCNC(Cc1cccc(F)c1Cl)C(OCC)C(C)(C)C. The van der Waals surface area contributed by atoms with Crippen molar-refractivity contribution in [1.82, 2.24) is 5.32 Å². The second-order valence-electron chi connectivity index (χ2n) is 6.32. The Kier molecular flexibility index (Phi) is 7.11.